The molecule has 0 aromatic rings. The van der Waals surface area contributed by atoms with Crippen molar-refractivity contribution in [2.75, 3.05) is 31.6 Å². The summed E-state index contributed by atoms with van der Waals surface area (Å²) in [5, 5.41) is 0. The Balaban J connectivity index is 4.17. The Morgan fingerprint density at radius 2 is 1.13 bits per heavy atom. The molecule has 0 fully saturated rings. The third-order valence-electron chi connectivity index (χ3n) is 2.57. The van der Waals surface area contributed by atoms with Crippen LogP contribution in [0.4, 0.5) is 0 Å². The molecule has 2 atom stereocenters. The van der Waals surface area contributed by atoms with E-state index < -0.39 is 14.3 Å². The van der Waals surface area contributed by atoms with Gasteiger partial charge >= 0.3 is 0 Å². The van der Waals surface area contributed by atoms with Gasteiger partial charge in [0.25, 0.3) is 0 Å². The van der Waals surface area contributed by atoms with Crippen LogP contribution >= 0.6 is 14.3 Å². The minimum atomic E-state index is -2.13. The topological polar surface area (TPSA) is 34.1 Å². The molecule has 0 aromatic heterocycles. The van der Waals surface area contributed by atoms with Gasteiger partial charge < -0.3 is 9.13 Å². The Kier molecular flexibility index (Phi) is 7.13. The van der Waals surface area contributed by atoms with Crippen LogP contribution in [-0.4, -0.2) is 31.6 Å². The summed E-state index contributed by atoms with van der Waals surface area (Å²) in [5.41, 5.74) is 0. The van der Waals surface area contributed by atoms with Crippen LogP contribution in [0.2, 0.25) is 0 Å². The summed E-state index contributed by atoms with van der Waals surface area (Å²) in [6.45, 7) is 7.85. The lowest BCUT2D eigenvalue weighted by molar-refractivity contribution is 0.570. The van der Waals surface area contributed by atoms with Crippen LogP contribution in [0.5, 0.6) is 0 Å². The van der Waals surface area contributed by atoms with Gasteiger partial charge in [-0.1, -0.05) is 26.7 Å². The predicted molar refractivity (Wildman–Crippen MR) is 71.5 cm³/mol. The summed E-state index contributed by atoms with van der Waals surface area (Å²) < 4.78 is 24.4. The Morgan fingerprint density at radius 3 is 1.40 bits per heavy atom. The van der Waals surface area contributed by atoms with E-state index in [1.807, 2.05) is 13.3 Å². The van der Waals surface area contributed by atoms with Gasteiger partial charge in [0.05, 0.1) is 20.2 Å². The molecule has 0 aliphatic rings. The van der Waals surface area contributed by atoms with Crippen LogP contribution in [-0.2, 0) is 9.13 Å². The van der Waals surface area contributed by atoms with Crippen molar-refractivity contribution in [3.63, 3.8) is 0 Å². The SMILES string of the molecule is CCCCP(C)(=O)CP(C)(=O)CCCC. The van der Waals surface area contributed by atoms with Gasteiger partial charge in [0.2, 0.25) is 0 Å². The monoisotopic (exact) mass is 252 g/mol. The largest absolute Gasteiger partial charge is 0.323 e. The summed E-state index contributed by atoms with van der Waals surface area (Å²) in [7, 11) is -4.27. The van der Waals surface area contributed by atoms with Crippen molar-refractivity contribution < 1.29 is 9.13 Å². The molecule has 2 unspecified atom stereocenters. The van der Waals surface area contributed by atoms with E-state index in [9.17, 15) is 9.13 Å². The molecular weight excluding hydrogens is 226 g/mol. The molecule has 4 heteroatoms. The molecule has 0 aromatic carbocycles. The maximum atomic E-state index is 12.2. The molecule has 2 nitrogen and oxygen atoms in total. The number of hydrogen-bond donors (Lipinski definition) is 0. The van der Waals surface area contributed by atoms with Crippen molar-refractivity contribution in [1.29, 1.82) is 0 Å². The molecule has 0 saturated heterocycles. The van der Waals surface area contributed by atoms with Crippen LogP contribution in [0.3, 0.4) is 0 Å². The Hall–Kier alpha value is 0.460. The summed E-state index contributed by atoms with van der Waals surface area (Å²) in [6, 6.07) is 0. The Labute approximate surface area is 95.0 Å². The first-order valence-electron chi connectivity index (χ1n) is 5.94. The zero-order valence-electron chi connectivity index (χ0n) is 10.7. The molecule has 0 spiro atoms. The second kappa shape index (κ2) is 6.92. The highest BCUT2D eigenvalue weighted by Gasteiger charge is 2.25. The third-order valence-corrected chi connectivity index (χ3v) is 9.88. The second-order valence-corrected chi connectivity index (χ2v) is 12.1. The fraction of sp³-hybridized carbons (Fsp3) is 1.00. The first kappa shape index (κ1) is 15.5. The predicted octanol–water partition coefficient (Wildman–Crippen LogP) is 4.53. The van der Waals surface area contributed by atoms with E-state index in [0.29, 0.717) is 5.90 Å². The maximum absolute atomic E-state index is 12.2. The van der Waals surface area contributed by atoms with Gasteiger partial charge in [-0.15, -0.1) is 0 Å². The van der Waals surface area contributed by atoms with E-state index in [1.54, 1.807) is 0 Å². The number of rotatable bonds is 8. The molecule has 0 aliphatic heterocycles. The average molecular weight is 252 g/mol. The molecule has 0 saturated carbocycles. The van der Waals surface area contributed by atoms with E-state index in [2.05, 4.69) is 13.8 Å². The van der Waals surface area contributed by atoms with Gasteiger partial charge in [0, 0.05) is 12.3 Å². The molecule has 0 bridgehead atoms. The van der Waals surface area contributed by atoms with Crippen molar-refractivity contribution in [3.8, 4) is 0 Å². The summed E-state index contributed by atoms with van der Waals surface area (Å²) in [5.74, 6) is 0.486. The Bertz CT molecular complexity index is 235. The van der Waals surface area contributed by atoms with Crippen molar-refractivity contribution >= 4 is 14.3 Å². The lowest BCUT2D eigenvalue weighted by atomic mass is 10.4. The fourth-order valence-corrected chi connectivity index (χ4v) is 9.92. The second-order valence-electron chi connectivity index (χ2n) is 4.89. The van der Waals surface area contributed by atoms with Crippen molar-refractivity contribution in [1.82, 2.24) is 0 Å². The van der Waals surface area contributed by atoms with E-state index in [-0.39, 0.29) is 0 Å². The minimum absolute atomic E-state index is 0.486. The Morgan fingerprint density at radius 1 is 0.800 bits per heavy atom. The average Bonchev–Trinajstić information content (AvgIpc) is 2.10. The summed E-state index contributed by atoms with van der Waals surface area (Å²) in [6.07, 6.45) is 5.69. The zero-order chi connectivity index (χ0) is 11.9. The standard InChI is InChI=1S/C11H26O2P2/c1-5-7-9-14(3,12)11-15(4,13)10-8-6-2/h5-11H2,1-4H3. The van der Waals surface area contributed by atoms with E-state index in [4.69, 9.17) is 0 Å². The van der Waals surface area contributed by atoms with E-state index >= 15 is 0 Å². The van der Waals surface area contributed by atoms with Crippen LogP contribution in [0.1, 0.15) is 39.5 Å². The zero-order valence-corrected chi connectivity index (χ0v) is 12.4. The highest BCUT2D eigenvalue weighted by atomic mass is 31.2. The molecule has 92 valence electrons. The molecule has 0 radical (unpaired) electrons. The third kappa shape index (κ3) is 8.29. The summed E-state index contributed by atoms with van der Waals surface area (Å²) >= 11 is 0. The van der Waals surface area contributed by atoms with Gasteiger partial charge in [-0.3, -0.25) is 0 Å². The number of hydrogen-bond acceptors (Lipinski definition) is 2. The van der Waals surface area contributed by atoms with Gasteiger partial charge in [0.15, 0.2) is 0 Å². The number of unbranched alkanes of at least 4 members (excludes halogenated alkanes) is 2. The first-order chi connectivity index (χ1) is 6.83. The van der Waals surface area contributed by atoms with E-state index in [0.717, 1.165) is 38.0 Å². The van der Waals surface area contributed by atoms with Crippen LogP contribution in [0, 0.1) is 0 Å². The van der Waals surface area contributed by atoms with Crippen LogP contribution < -0.4 is 0 Å². The van der Waals surface area contributed by atoms with Gasteiger partial charge in [0.1, 0.15) is 0 Å². The highest BCUT2D eigenvalue weighted by molar-refractivity contribution is 7.79. The first-order valence-corrected chi connectivity index (χ1v) is 11.0. The maximum Gasteiger partial charge on any atom is 0.0918 e. The van der Waals surface area contributed by atoms with Crippen molar-refractivity contribution in [3.05, 3.63) is 0 Å². The van der Waals surface area contributed by atoms with Crippen LogP contribution in [0.25, 0.3) is 0 Å². The van der Waals surface area contributed by atoms with Crippen LogP contribution in [0.15, 0.2) is 0 Å². The molecule has 0 amide bonds. The minimum Gasteiger partial charge on any atom is -0.323 e. The van der Waals surface area contributed by atoms with Crippen molar-refractivity contribution in [2.24, 2.45) is 0 Å². The quantitative estimate of drug-likeness (QED) is 0.595. The van der Waals surface area contributed by atoms with Gasteiger partial charge in [-0.05, 0) is 26.2 Å². The van der Waals surface area contributed by atoms with E-state index in [1.165, 1.54) is 0 Å². The smallest absolute Gasteiger partial charge is 0.0918 e. The molecule has 0 heterocycles. The molecule has 0 aliphatic carbocycles. The molecule has 0 N–H and O–H groups in total. The normalized spacial score (nSPS) is 19.5. The van der Waals surface area contributed by atoms with Gasteiger partial charge in [-0.2, -0.15) is 0 Å². The van der Waals surface area contributed by atoms with Gasteiger partial charge in [-0.25, -0.2) is 0 Å². The molecular formula is C11H26O2P2. The molecule has 0 rings (SSSR count). The highest BCUT2D eigenvalue weighted by Crippen LogP contribution is 2.58. The fourth-order valence-electron chi connectivity index (χ4n) is 1.76. The molecule has 15 heavy (non-hydrogen) atoms. The summed E-state index contributed by atoms with van der Waals surface area (Å²) in [4.78, 5) is 0. The van der Waals surface area contributed by atoms with Crippen molar-refractivity contribution in [2.45, 2.75) is 39.5 Å². The lowest BCUT2D eigenvalue weighted by Gasteiger charge is -2.18. The lowest BCUT2D eigenvalue weighted by Crippen LogP contribution is -1.98.